The number of rotatable bonds is 0. The Balaban J connectivity index is 2.86. The highest BCUT2D eigenvalue weighted by Crippen LogP contribution is 2.21. The Labute approximate surface area is 76.8 Å². The lowest BCUT2D eigenvalue weighted by atomic mass is 10.1. The SMILES string of the molecule is Cc1cccc2cc(Cl)ccc12. The van der Waals surface area contributed by atoms with Crippen molar-refractivity contribution in [3.8, 4) is 0 Å². The summed E-state index contributed by atoms with van der Waals surface area (Å²) in [5, 5.41) is 3.29. The molecule has 0 aliphatic heterocycles. The standard InChI is InChI=1S/C11H9Cl/c1-8-3-2-4-9-7-10(12)5-6-11(8)9/h2-7H,1H3. The minimum atomic E-state index is 0.799. The Bertz CT molecular complexity index is 418. The van der Waals surface area contributed by atoms with Crippen LogP contribution in [0.15, 0.2) is 36.4 Å². The van der Waals surface area contributed by atoms with E-state index in [0.717, 1.165) is 5.02 Å². The molecule has 60 valence electrons. The van der Waals surface area contributed by atoms with Gasteiger partial charge in [0.25, 0.3) is 0 Å². The molecule has 0 fully saturated rings. The summed E-state index contributed by atoms with van der Waals surface area (Å²) in [5.74, 6) is 0. The number of fused-ring (bicyclic) bond motifs is 1. The van der Waals surface area contributed by atoms with Gasteiger partial charge >= 0.3 is 0 Å². The summed E-state index contributed by atoms with van der Waals surface area (Å²) in [4.78, 5) is 0. The molecule has 0 atom stereocenters. The van der Waals surface area contributed by atoms with E-state index in [4.69, 9.17) is 11.6 Å². The first-order valence-corrected chi connectivity index (χ1v) is 4.30. The average Bonchev–Trinajstić information content (AvgIpc) is 2.04. The lowest BCUT2D eigenvalue weighted by Crippen LogP contribution is -1.76. The average molecular weight is 177 g/mol. The highest BCUT2D eigenvalue weighted by Gasteiger charge is 1.95. The smallest absolute Gasteiger partial charge is 0.0412 e. The summed E-state index contributed by atoms with van der Waals surface area (Å²) in [6, 6.07) is 12.2. The van der Waals surface area contributed by atoms with Crippen molar-refractivity contribution in [2.24, 2.45) is 0 Å². The summed E-state index contributed by atoms with van der Waals surface area (Å²) in [7, 11) is 0. The molecule has 0 heterocycles. The van der Waals surface area contributed by atoms with E-state index in [0.29, 0.717) is 0 Å². The first-order valence-electron chi connectivity index (χ1n) is 3.92. The van der Waals surface area contributed by atoms with E-state index in [9.17, 15) is 0 Å². The fourth-order valence-corrected chi connectivity index (χ4v) is 1.60. The van der Waals surface area contributed by atoms with E-state index >= 15 is 0 Å². The van der Waals surface area contributed by atoms with E-state index in [1.54, 1.807) is 0 Å². The van der Waals surface area contributed by atoms with Gasteiger partial charge in [0.2, 0.25) is 0 Å². The van der Waals surface area contributed by atoms with Crippen molar-refractivity contribution in [2.75, 3.05) is 0 Å². The Morgan fingerprint density at radius 2 is 1.92 bits per heavy atom. The summed E-state index contributed by atoms with van der Waals surface area (Å²) in [5.41, 5.74) is 1.30. The lowest BCUT2D eigenvalue weighted by molar-refractivity contribution is 1.53. The van der Waals surface area contributed by atoms with Gasteiger partial charge in [-0.3, -0.25) is 0 Å². The van der Waals surface area contributed by atoms with Crippen LogP contribution in [0.1, 0.15) is 5.56 Å². The molecule has 0 nitrogen and oxygen atoms in total. The van der Waals surface area contributed by atoms with Crippen LogP contribution in [-0.4, -0.2) is 0 Å². The van der Waals surface area contributed by atoms with Gasteiger partial charge in [-0.15, -0.1) is 0 Å². The molecule has 0 saturated carbocycles. The molecule has 0 amide bonds. The predicted octanol–water partition coefficient (Wildman–Crippen LogP) is 3.80. The van der Waals surface area contributed by atoms with Gasteiger partial charge in [-0.05, 0) is 35.4 Å². The van der Waals surface area contributed by atoms with Crippen LogP contribution in [0.25, 0.3) is 10.8 Å². The van der Waals surface area contributed by atoms with Gasteiger partial charge in [-0.2, -0.15) is 0 Å². The third-order valence-corrected chi connectivity index (χ3v) is 2.30. The minimum Gasteiger partial charge on any atom is -0.0843 e. The lowest BCUT2D eigenvalue weighted by Gasteiger charge is -2.00. The van der Waals surface area contributed by atoms with Gasteiger partial charge in [0, 0.05) is 5.02 Å². The third-order valence-electron chi connectivity index (χ3n) is 2.06. The van der Waals surface area contributed by atoms with Gasteiger partial charge in [0.05, 0.1) is 0 Å². The molecule has 0 spiro atoms. The van der Waals surface area contributed by atoms with Crippen LogP contribution in [0, 0.1) is 6.92 Å². The second kappa shape index (κ2) is 2.80. The summed E-state index contributed by atoms with van der Waals surface area (Å²) in [6.07, 6.45) is 0. The van der Waals surface area contributed by atoms with E-state index in [1.165, 1.54) is 16.3 Å². The van der Waals surface area contributed by atoms with E-state index in [2.05, 4.69) is 25.1 Å². The third kappa shape index (κ3) is 1.19. The zero-order valence-corrected chi connectivity index (χ0v) is 7.60. The first-order chi connectivity index (χ1) is 5.77. The van der Waals surface area contributed by atoms with Crippen LogP contribution in [0.5, 0.6) is 0 Å². The molecular formula is C11H9Cl. The van der Waals surface area contributed by atoms with Crippen LogP contribution >= 0.6 is 11.6 Å². The predicted molar refractivity (Wildman–Crippen MR) is 53.7 cm³/mol. The van der Waals surface area contributed by atoms with Crippen LogP contribution in [0.4, 0.5) is 0 Å². The molecule has 0 N–H and O–H groups in total. The zero-order chi connectivity index (χ0) is 8.55. The quantitative estimate of drug-likeness (QED) is 0.573. The molecule has 2 rings (SSSR count). The van der Waals surface area contributed by atoms with Gasteiger partial charge in [-0.1, -0.05) is 35.9 Å². The van der Waals surface area contributed by atoms with Crippen LogP contribution in [-0.2, 0) is 0 Å². The number of halogens is 1. The molecule has 0 unspecified atom stereocenters. The maximum absolute atomic E-state index is 5.87. The zero-order valence-electron chi connectivity index (χ0n) is 6.84. The molecule has 2 aromatic carbocycles. The molecular weight excluding hydrogens is 168 g/mol. The second-order valence-electron chi connectivity index (χ2n) is 2.94. The van der Waals surface area contributed by atoms with Crippen molar-refractivity contribution in [2.45, 2.75) is 6.92 Å². The minimum absolute atomic E-state index is 0.799. The van der Waals surface area contributed by atoms with Crippen LogP contribution in [0.2, 0.25) is 5.02 Å². The van der Waals surface area contributed by atoms with Crippen LogP contribution in [0.3, 0.4) is 0 Å². The van der Waals surface area contributed by atoms with Gasteiger partial charge in [0.15, 0.2) is 0 Å². The molecule has 0 aliphatic carbocycles. The second-order valence-corrected chi connectivity index (χ2v) is 3.38. The maximum atomic E-state index is 5.87. The summed E-state index contributed by atoms with van der Waals surface area (Å²) in [6.45, 7) is 2.11. The number of benzene rings is 2. The number of hydrogen-bond donors (Lipinski definition) is 0. The Morgan fingerprint density at radius 1 is 1.08 bits per heavy atom. The van der Waals surface area contributed by atoms with Gasteiger partial charge in [0.1, 0.15) is 0 Å². The molecule has 0 aromatic heterocycles. The van der Waals surface area contributed by atoms with E-state index in [1.807, 2.05) is 18.2 Å². The van der Waals surface area contributed by atoms with Gasteiger partial charge < -0.3 is 0 Å². The molecule has 0 saturated heterocycles. The Morgan fingerprint density at radius 3 is 2.75 bits per heavy atom. The highest BCUT2D eigenvalue weighted by molar-refractivity contribution is 6.31. The van der Waals surface area contributed by atoms with Crippen LogP contribution < -0.4 is 0 Å². The summed E-state index contributed by atoms with van der Waals surface area (Å²) < 4.78 is 0. The van der Waals surface area contributed by atoms with Crippen molar-refractivity contribution in [3.05, 3.63) is 47.0 Å². The fourth-order valence-electron chi connectivity index (χ4n) is 1.42. The first kappa shape index (κ1) is 7.63. The van der Waals surface area contributed by atoms with Crippen molar-refractivity contribution in [1.29, 1.82) is 0 Å². The van der Waals surface area contributed by atoms with Gasteiger partial charge in [-0.25, -0.2) is 0 Å². The summed E-state index contributed by atoms with van der Waals surface area (Å²) >= 11 is 5.87. The van der Waals surface area contributed by atoms with Crippen molar-refractivity contribution >= 4 is 22.4 Å². The van der Waals surface area contributed by atoms with Crippen molar-refractivity contribution < 1.29 is 0 Å². The normalized spacial score (nSPS) is 10.5. The molecule has 2 aromatic rings. The largest absolute Gasteiger partial charge is 0.0843 e. The molecule has 0 aliphatic rings. The maximum Gasteiger partial charge on any atom is 0.0412 e. The van der Waals surface area contributed by atoms with Crippen molar-refractivity contribution in [3.63, 3.8) is 0 Å². The number of aryl methyl sites for hydroxylation is 1. The highest BCUT2D eigenvalue weighted by atomic mass is 35.5. The molecule has 1 heteroatoms. The van der Waals surface area contributed by atoms with Crippen molar-refractivity contribution in [1.82, 2.24) is 0 Å². The monoisotopic (exact) mass is 176 g/mol. The Kier molecular flexibility index (Phi) is 1.78. The Hall–Kier alpha value is -1.01. The molecule has 12 heavy (non-hydrogen) atoms. The molecule has 0 bridgehead atoms. The number of hydrogen-bond acceptors (Lipinski definition) is 0. The topological polar surface area (TPSA) is 0 Å². The molecule has 0 radical (unpaired) electrons. The fraction of sp³-hybridized carbons (Fsp3) is 0.0909. The van der Waals surface area contributed by atoms with E-state index in [-0.39, 0.29) is 0 Å². The van der Waals surface area contributed by atoms with E-state index < -0.39 is 0 Å².